The number of ether oxygens (including phenoxy) is 2. The van der Waals surface area contributed by atoms with Gasteiger partial charge in [-0.3, -0.25) is 4.99 Å². The van der Waals surface area contributed by atoms with Crippen molar-refractivity contribution in [3.8, 4) is 5.88 Å². The summed E-state index contributed by atoms with van der Waals surface area (Å²) in [6, 6.07) is 10.3. The van der Waals surface area contributed by atoms with Crippen LogP contribution in [0.3, 0.4) is 0 Å². The topological polar surface area (TPSA) is 67.8 Å². The molecule has 0 unspecified atom stereocenters. The maximum atomic E-state index is 12.9. The predicted molar refractivity (Wildman–Crippen MR) is 99.9 cm³/mol. The molecule has 0 aliphatic heterocycles. The van der Waals surface area contributed by atoms with Crippen LogP contribution in [-0.2, 0) is 17.7 Å². The van der Waals surface area contributed by atoms with E-state index in [2.05, 4.69) is 20.6 Å². The van der Waals surface area contributed by atoms with Crippen LogP contribution in [0.25, 0.3) is 0 Å². The summed E-state index contributed by atoms with van der Waals surface area (Å²) in [4.78, 5) is 8.46. The number of nitrogens with one attached hydrogen (secondary N) is 2. The van der Waals surface area contributed by atoms with E-state index in [1.54, 1.807) is 32.5 Å². The average molecular weight is 360 g/mol. The van der Waals surface area contributed by atoms with Gasteiger partial charge in [-0.1, -0.05) is 18.2 Å². The van der Waals surface area contributed by atoms with Gasteiger partial charge in [0, 0.05) is 39.0 Å². The molecule has 2 rings (SSSR count). The van der Waals surface area contributed by atoms with Gasteiger partial charge in [0.2, 0.25) is 5.88 Å². The molecule has 0 saturated heterocycles. The fourth-order valence-electron chi connectivity index (χ4n) is 2.29. The zero-order valence-corrected chi connectivity index (χ0v) is 15.2. The summed E-state index contributed by atoms with van der Waals surface area (Å²) in [5, 5.41) is 6.48. The molecule has 2 aromatic rings. The Balaban J connectivity index is 1.80. The van der Waals surface area contributed by atoms with Crippen molar-refractivity contribution in [2.75, 3.05) is 33.9 Å². The van der Waals surface area contributed by atoms with Crippen LogP contribution < -0.4 is 15.4 Å². The molecule has 140 valence electrons. The first-order valence-electron chi connectivity index (χ1n) is 8.47. The van der Waals surface area contributed by atoms with E-state index < -0.39 is 0 Å². The normalized spacial score (nSPS) is 11.3. The van der Waals surface area contributed by atoms with Crippen LogP contribution in [0, 0.1) is 5.82 Å². The Hall–Kier alpha value is -2.67. The van der Waals surface area contributed by atoms with Crippen LogP contribution in [0.15, 0.2) is 47.6 Å². The van der Waals surface area contributed by atoms with E-state index in [0.717, 1.165) is 17.5 Å². The number of aliphatic imine (C=N–C) groups is 1. The SMILES string of the molecule is CN=C(NCCc1ccc(F)cc1)NCc1cccnc1OCCOC. The second kappa shape index (κ2) is 11.0. The second-order valence-corrected chi connectivity index (χ2v) is 5.54. The number of nitrogens with zero attached hydrogens (tertiary/aromatic N) is 2. The van der Waals surface area contributed by atoms with Gasteiger partial charge in [0.15, 0.2) is 5.96 Å². The highest BCUT2D eigenvalue weighted by molar-refractivity contribution is 5.79. The number of aromatic nitrogens is 1. The number of halogens is 1. The Morgan fingerprint density at radius 2 is 1.96 bits per heavy atom. The molecular formula is C19H25FN4O2. The average Bonchev–Trinajstić information content (AvgIpc) is 2.67. The van der Waals surface area contributed by atoms with Crippen LogP contribution in [0.2, 0.25) is 0 Å². The van der Waals surface area contributed by atoms with Crippen LogP contribution in [-0.4, -0.2) is 44.9 Å². The monoisotopic (exact) mass is 360 g/mol. The number of guanidine groups is 1. The van der Waals surface area contributed by atoms with Gasteiger partial charge >= 0.3 is 0 Å². The zero-order valence-electron chi connectivity index (χ0n) is 15.2. The molecule has 26 heavy (non-hydrogen) atoms. The minimum atomic E-state index is -0.223. The summed E-state index contributed by atoms with van der Waals surface area (Å²) in [5.41, 5.74) is 2.00. The lowest BCUT2D eigenvalue weighted by molar-refractivity contribution is 0.143. The summed E-state index contributed by atoms with van der Waals surface area (Å²) in [6.07, 6.45) is 2.47. The molecule has 0 saturated carbocycles. The number of hydrogen-bond donors (Lipinski definition) is 2. The summed E-state index contributed by atoms with van der Waals surface area (Å²) in [6.45, 7) is 2.18. The van der Waals surface area contributed by atoms with Crippen molar-refractivity contribution in [1.82, 2.24) is 15.6 Å². The fourth-order valence-corrected chi connectivity index (χ4v) is 2.29. The quantitative estimate of drug-likeness (QED) is 0.407. The molecule has 0 fully saturated rings. The molecular weight excluding hydrogens is 335 g/mol. The number of benzene rings is 1. The smallest absolute Gasteiger partial charge is 0.218 e. The third-order valence-corrected chi connectivity index (χ3v) is 3.67. The Kier molecular flexibility index (Phi) is 8.35. The molecule has 0 radical (unpaired) electrons. The van der Waals surface area contributed by atoms with Gasteiger partial charge in [0.25, 0.3) is 0 Å². The largest absolute Gasteiger partial charge is 0.475 e. The number of rotatable bonds is 9. The number of methoxy groups -OCH3 is 1. The predicted octanol–water partition coefficient (Wildman–Crippen LogP) is 2.15. The van der Waals surface area contributed by atoms with E-state index in [1.807, 2.05) is 12.1 Å². The van der Waals surface area contributed by atoms with Crippen molar-refractivity contribution in [3.05, 3.63) is 59.5 Å². The first kappa shape index (κ1) is 19.7. The van der Waals surface area contributed by atoms with Crippen LogP contribution in [0.4, 0.5) is 4.39 Å². The summed E-state index contributed by atoms with van der Waals surface area (Å²) >= 11 is 0. The van der Waals surface area contributed by atoms with Gasteiger partial charge in [0.05, 0.1) is 6.61 Å². The van der Waals surface area contributed by atoms with Crippen molar-refractivity contribution in [3.63, 3.8) is 0 Å². The van der Waals surface area contributed by atoms with Gasteiger partial charge < -0.3 is 20.1 Å². The van der Waals surface area contributed by atoms with Gasteiger partial charge in [0.1, 0.15) is 12.4 Å². The van der Waals surface area contributed by atoms with Gasteiger partial charge in [-0.05, 0) is 30.2 Å². The second-order valence-electron chi connectivity index (χ2n) is 5.54. The van der Waals surface area contributed by atoms with E-state index in [1.165, 1.54) is 12.1 Å². The molecule has 0 aliphatic rings. The standard InChI is InChI=1S/C19H25FN4O2/c1-21-19(23-11-9-15-5-7-17(20)8-6-15)24-14-16-4-3-10-22-18(16)26-13-12-25-2/h3-8,10H,9,11-14H2,1-2H3,(H2,21,23,24). The van der Waals surface area contributed by atoms with Crippen molar-refractivity contribution < 1.29 is 13.9 Å². The highest BCUT2D eigenvalue weighted by Gasteiger charge is 2.06. The Bertz CT molecular complexity index is 692. The molecule has 1 aromatic heterocycles. The van der Waals surface area contributed by atoms with Crippen LogP contribution in [0.5, 0.6) is 5.88 Å². The highest BCUT2D eigenvalue weighted by atomic mass is 19.1. The molecule has 1 heterocycles. The van der Waals surface area contributed by atoms with E-state index in [4.69, 9.17) is 9.47 Å². The van der Waals surface area contributed by atoms with Crippen molar-refractivity contribution in [2.45, 2.75) is 13.0 Å². The van der Waals surface area contributed by atoms with Crippen molar-refractivity contribution in [1.29, 1.82) is 0 Å². The minimum absolute atomic E-state index is 0.223. The lowest BCUT2D eigenvalue weighted by Crippen LogP contribution is -2.38. The lowest BCUT2D eigenvalue weighted by Gasteiger charge is -2.14. The summed E-state index contributed by atoms with van der Waals surface area (Å²) < 4.78 is 23.5. The van der Waals surface area contributed by atoms with Gasteiger partial charge in [-0.15, -0.1) is 0 Å². The molecule has 0 aliphatic carbocycles. The van der Waals surface area contributed by atoms with Gasteiger partial charge in [-0.25, -0.2) is 9.37 Å². The molecule has 2 N–H and O–H groups in total. The van der Waals surface area contributed by atoms with Gasteiger partial charge in [-0.2, -0.15) is 0 Å². The Morgan fingerprint density at radius 3 is 2.69 bits per heavy atom. The van der Waals surface area contributed by atoms with Crippen molar-refractivity contribution >= 4 is 5.96 Å². The van der Waals surface area contributed by atoms with E-state index in [-0.39, 0.29) is 5.82 Å². The molecule has 7 heteroatoms. The fraction of sp³-hybridized carbons (Fsp3) is 0.368. The van der Waals surface area contributed by atoms with E-state index >= 15 is 0 Å². The maximum Gasteiger partial charge on any atom is 0.218 e. The Morgan fingerprint density at radius 1 is 1.15 bits per heavy atom. The maximum absolute atomic E-state index is 12.9. The Labute approximate surface area is 153 Å². The van der Waals surface area contributed by atoms with E-state index in [9.17, 15) is 4.39 Å². The first-order valence-corrected chi connectivity index (χ1v) is 8.47. The molecule has 0 spiro atoms. The minimum Gasteiger partial charge on any atom is -0.475 e. The first-order chi connectivity index (χ1) is 12.7. The molecule has 6 nitrogen and oxygen atoms in total. The van der Waals surface area contributed by atoms with Crippen LogP contribution >= 0.6 is 0 Å². The van der Waals surface area contributed by atoms with E-state index in [0.29, 0.717) is 38.1 Å². The number of hydrogen-bond acceptors (Lipinski definition) is 4. The molecule has 1 aromatic carbocycles. The summed E-state index contributed by atoms with van der Waals surface area (Å²) in [5.74, 6) is 1.04. The third kappa shape index (κ3) is 6.68. The molecule has 0 bridgehead atoms. The van der Waals surface area contributed by atoms with Crippen molar-refractivity contribution in [2.24, 2.45) is 4.99 Å². The summed E-state index contributed by atoms with van der Waals surface area (Å²) in [7, 11) is 3.35. The van der Waals surface area contributed by atoms with Crippen LogP contribution in [0.1, 0.15) is 11.1 Å². The lowest BCUT2D eigenvalue weighted by atomic mass is 10.1. The molecule has 0 atom stereocenters. The zero-order chi connectivity index (χ0) is 18.6. The molecule has 0 amide bonds. The highest BCUT2D eigenvalue weighted by Crippen LogP contribution is 2.13. The third-order valence-electron chi connectivity index (χ3n) is 3.67. The number of pyridine rings is 1.